The normalized spacial score (nSPS) is 10.3. The summed E-state index contributed by atoms with van der Waals surface area (Å²) in [5, 5.41) is 3.52. The summed E-state index contributed by atoms with van der Waals surface area (Å²) in [5.41, 5.74) is 1.77. The minimum absolute atomic E-state index is 0.291. The Morgan fingerprint density at radius 3 is 2.68 bits per heavy atom. The lowest BCUT2D eigenvalue weighted by molar-refractivity contribution is 0.102. The number of aryl methyl sites for hydroxylation is 1. The largest absolute Gasteiger partial charge is 0.321 e. The quantitative estimate of drug-likeness (QED) is 0.789. The smallest absolute Gasteiger partial charge is 0.257 e. The predicted molar refractivity (Wildman–Crippen MR) is 81.1 cm³/mol. The van der Waals surface area contributed by atoms with Crippen LogP contribution in [0.15, 0.2) is 34.9 Å². The van der Waals surface area contributed by atoms with Gasteiger partial charge in [-0.25, -0.2) is 4.98 Å². The van der Waals surface area contributed by atoms with Crippen molar-refractivity contribution in [3.8, 4) is 0 Å². The van der Waals surface area contributed by atoms with Crippen LogP contribution in [0.2, 0.25) is 10.2 Å². The van der Waals surface area contributed by atoms with Crippen LogP contribution in [0, 0.1) is 6.92 Å². The van der Waals surface area contributed by atoms with Gasteiger partial charge in [-0.15, -0.1) is 0 Å². The summed E-state index contributed by atoms with van der Waals surface area (Å²) in [4.78, 5) is 16.0. The number of amides is 1. The third-order valence-electron chi connectivity index (χ3n) is 2.45. The Balaban J connectivity index is 2.23. The van der Waals surface area contributed by atoms with Crippen molar-refractivity contribution in [2.24, 2.45) is 0 Å². The topological polar surface area (TPSA) is 42.0 Å². The first kappa shape index (κ1) is 14.3. The number of nitrogens with one attached hydrogen (secondary N) is 1. The van der Waals surface area contributed by atoms with Gasteiger partial charge in [-0.3, -0.25) is 4.79 Å². The van der Waals surface area contributed by atoms with Crippen molar-refractivity contribution < 1.29 is 4.79 Å². The molecule has 0 fully saturated rings. The van der Waals surface area contributed by atoms with Gasteiger partial charge in [0.15, 0.2) is 0 Å². The summed E-state index contributed by atoms with van der Waals surface area (Å²) >= 11 is 15.1. The van der Waals surface area contributed by atoms with E-state index < -0.39 is 0 Å². The maximum atomic E-state index is 12.1. The molecule has 2 rings (SSSR count). The second-order valence-electron chi connectivity index (χ2n) is 3.91. The van der Waals surface area contributed by atoms with Crippen molar-refractivity contribution in [1.82, 2.24) is 4.98 Å². The molecule has 0 radical (unpaired) electrons. The molecule has 2 aromatic rings. The van der Waals surface area contributed by atoms with E-state index in [2.05, 4.69) is 26.2 Å². The third kappa shape index (κ3) is 3.47. The highest BCUT2D eigenvalue weighted by Gasteiger charge is 2.11. The van der Waals surface area contributed by atoms with Crippen molar-refractivity contribution in [3.05, 3.63) is 56.2 Å². The number of hydrogen-bond acceptors (Lipinski definition) is 2. The minimum atomic E-state index is -0.291. The molecule has 3 nitrogen and oxygen atoms in total. The Hall–Kier alpha value is -1.10. The number of anilines is 1. The molecule has 0 aliphatic carbocycles. The van der Waals surface area contributed by atoms with Crippen molar-refractivity contribution in [2.45, 2.75) is 6.92 Å². The highest BCUT2D eigenvalue weighted by molar-refractivity contribution is 9.10. The van der Waals surface area contributed by atoms with Crippen LogP contribution >= 0.6 is 39.1 Å². The van der Waals surface area contributed by atoms with Gasteiger partial charge in [0.25, 0.3) is 5.91 Å². The maximum absolute atomic E-state index is 12.1. The molecule has 1 aromatic carbocycles. The fourth-order valence-corrected chi connectivity index (χ4v) is 2.36. The van der Waals surface area contributed by atoms with Gasteiger partial charge in [-0.05, 0) is 36.8 Å². The number of benzene rings is 1. The molecule has 0 aliphatic rings. The molecule has 0 saturated carbocycles. The van der Waals surface area contributed by atoms with E-state index in [1.54, 1.807) is 24.3 Å². The van der Waals surface area contributed by atoms with E-state index in [0.717, 1.165) is 10.0 Å². The standard InChI is InChI=1S/C13H9BrCl2N2O/c1-7-4-9(6-17-12(7)16)18-13(19)10-3-2-8(14)5-11(10)15/h2-6H,1H3,(H,18,19). The molecule has 0 aliphatic heterocycles. The van der Waals surface area contributed by atoms with E-state index in [-0.39, 0.29) is 5.91 Å². The zero-order chi connectivity index (χ0) is 14.0. The van der Waals surface area contributed by atoms with E-state index in [0.29, 0.717) is 21.4 Å². The van der Waals surface area contributed by atoms with Crippen LogP contribution < -0.4 is 5.32 Å². The molecule has 6 heteroatoms. The van der Waals surface area contributed by atoms with Crippen LogP contribution in [0.5, 0.6) is 0 Å². The first-order valence-corrected chi connectivity index (χ1v) is 6.91. The zero-order valence-electron chi connectivity index (χ0n) is 9.88. The minimum Gasteiger partial charge on any atom is -0.321 e. The molecule has 98 valence electrons. The molecule has 0 unspecified atom stereocenters. The average Bonchev–Trinajstić information content (AvgIpc) is 2.33. The number of aromatic nitrogens is 1. The molecule has 1 amide bonds. The molecule has 0 bridgehead atoms. The number of halogens is 3. The molecule has 0 saturated heterocycles. The second-order valence-corrected chi connectivity index (χ2v) is 5.59. The molecule has 0 spiro atoms. The van der Waals surface area contributed by atoms with E-state index in [1.165, 1.54) is 6.20 Å². The summed E-state index contributed by atoms with van der Waals surface area (Å²) < 4.78 is 0.818. The fraction of sp³-hybridized carbons (Fsp3) is 0.0769. The van der Waals surface area contributed by atoms with Crippen LogP contribution in [0.4, 0.5) is 5.69 Å². The maximum Gasteiger partial charge on any atom is 0.257 e. The van der Waals surface area contributed by atoms with Crippen molar-refractivity contribution in [3.63, 3.8) is 0 Å². The molecule has 1 aromatic heterocycles. The van der Waals surface area contributed by atoms with Gasteiger partial charge in [-0.2, -0.15) is 0 Å². The van der Waals surface area contributed by atoms with Crippen molar-refractivity contribution in [1.29, 1.82) is 0 Å². The van der Waals surface area contributed by atoms with Gasteiger partial charge in [0.05, 0.1) is 22.5 Å². The average molecular weight is 360 g/mol. The van der Waals surface area contributed by atoms with Crippen LogP contribution in [0.25, 0.3) is 0 Å². The second kappa shape index (κ2) is 5.90. The first-order valence-electron chi connectivity index (χ1n) is 5.36. The van der Waals surface area contributed by atoms with E-state index in [1.807, 2.05) is 6.92 Å². The molecule has 1 N–H and O–H groups in total. The summed E-state index contributed by atoms with van der Waals surface area (Å²) in [6.45, 7) is 1.82. The van der Waals surface area contributed by atoms with Gasteiger partial charge in [0.2, 0.25) is 0 Å². The van der Waals surface area contributed by atoms with Crippen LogP contribution in [0.3, 0.4) is 0 Å². The molecule has 19 heavy (non-hydrogen) atoms. The summed E-state index contributed by atoms with van der Waals surface area (Å²) in [6, 6.07) is 6.83. The lowest BCUT2D eigenvalue weighted by Gasteiger charge is -2.08. The monoisotopic (exact) mass is 358 g/mol. The zero-order valence-corrected chi connectivity index (χ0v) is 13.0. The van der Waals surface area contributed by atoms with E-state index >= 15 is 0 Å². The van der Waals surface area contributed by atoms with Crippen molar-refractivity contribution in [2.75, 3.05) is 5.32 Å². The molecular formula is C13H9BrCl2N2O. The Labute approximate surface area is 129 Å². The third-order valence-corrected chi connectivity index (χ3v) is 3.65. The number of hydrogen-bond donors (Lipinski definition) is 1. The number of nitrogens with zero attached hydrogens (tertiary/aromatic N) is 1. The van der Waals surface area contributed by atoms with Crippen molar-refractivity contribution >= 4 is 50.7 Å². The van der Waals surface area contributed by atoms with Gasteiger partial charge < -0.3 is 5.32 Å². The van der Waals surface area contributed by atoms with Crippen LogP contribution in [-0.2, 0) is 0 Å². The Morgan fingerprint density at radius 2 is 2.05 bits per heavy atom. The highest BCUT2D eigenvalue weighted by atomic mass is 79.9. The number of rotatable bonds is 2. The molecular weight excluding hydrogens is 351 g/mol. The SMILES string of the molecule is Cc1cc(NC(=O)c2ccc(Br)cc2Cl)cnc1Cl. The van der Waals surface area contributed by atoms with Crippen LogP contribution in [0.1, 0.15) is 15.9 Å². The highest BCUT2D eigenvalue weighted by Crippen LogP contribution is 2.23. The Morgan fingerprint density at radius 1 is 1.32 bits per heavy atom. The van der Waals surface area contributed by atoms with Gasteiger partial charge in [0.1, 0.15) is 5.15 Å². The number of carbonyl (C=O) groups excluding carboxylic acids is 1. The first-order chi connectivity index (χ1) is 8.97. The fourth-order valence-electron chi connectivity index (χ4n) is 1.50. The number of carbonyl (C=O) groups is 1. The lowest BCUT2D eigenvalue weighted by atomic mass is 10.2. The lowest BCUT2D eigenvalue weighted by Crippen LogP contribution is -2.12. The van der Waals surface area contributed by atoms with E-state index in [4.69, 9.17) is 23.2 Å². The molecule has 1 heterocycles. The van der Waals surface area contributed by atoms with Crippen LogP contribution in [-0.4, -0.2) is 10.9 Å². The molecule has 0 atom stereocenters. The Kier molecular flexibility index (Phi) is 4.45. The van der Waals surface area contributed by atoms with Gasteiger partial charge in [-0.1, -0.05) is 39.1 Å². The van der Waals surface area contributed by atoms with E-state index in [9.17, 15) is 4.79 Å². The van der Waals surface area contributed by atoms with Gasteiger partial charge in [0, 0.05) is 4.47 Å². The predicted octanol–water partition coefficient (Wildman–Crippen LogP) is 4.71. The summed E-state index contributed by atoms with van der Waals surface area (Å²) in [5.74, 6) is -0.291. The number of pyridine rings is 1. The van der Waals surface area contributed by atoms with Gasteiger partial charge >= 0.3 is 0 Å². The summed E-state index contributed by atoms with van der Waals surface area (Å²) in [6.07, 6.45) is 1.50. The summed E-state index contributed by atoms with van der Waals surface area (Å²) in [7, 11) is 0. The Bertz CT molecular complexity index is 647.